The number of halogens is 1. The van der Waals surface area contributed by atoms with Gasteiger partial charge >= 0.3 is 5.69 Å². The molecule has 0 saturated carbocycles. The van der Waals surface area contributed by atoms with E-state index in [-0.39, 0.29) is 16.9 Å². The molecule has 0 fully saturated rings. The van der Waals surface area contributed by atoms with Crippen molar-refractivity contribution in [1.82, 2.24) is 19.1 Å². The smallest absolute Gasteiger partial charge is 0.280 e. The standard InChI is InChI=1S/C21H17FN4O2S/c1-25-18-16(20(27)26(2)21(25)28)19(29-12-13-7-4-3-5-8-13)24-17(23-18)14-9-6-10-15(22)11-14/h3-11H,12H2,1-2H3. The molecule has 29 heavy (non-hydrogen) atoms. The number of hydrogen-bond acceptors (Lipinski definition) is 5. The van der Waals surface area contributed by atoms with Crippen LogP contribution in [0.2, 0.25) is 0 Å². The quantitative estimate of drug-likeness (QED) is 0.383. The second kappa shape index (κ2) is 7.63. The van der Waals surface area contributed by atoms with E-state index in [1.165, 1.54) is 35.5 Å². The largest absolute Gasteiger partial charge is 0.332 e. The van der Waals surface area contributed by atoms with Gasteiger partial charge < -0.3 is 0 Å². The van der Waals surface area contributed by atoms with Gasteiger partial charge in [0.25, 0.3) is 5.56 Å². The second-order valence-electron chi connectivity index (χ2n) is 6.54. The van der Waals surface area contributed by atoms with Gasteiger partial charge in [-0.3, -0.25) is 13.9 Å². The van der Waals surface area contributed by atoms with E-state index in [1.807, 2.05) is 30.3 Å². The molecule has 6 nitrogen and oxygen atoms in total. The zero-order valence-corrected chi connectivity index (χ0v) is 16.6. The predicted molar refractivity (Wildman–Crippen MR) is 111 cm³/mol. The summed E-state index contributed by atoms with van der Waals surface area (Å²) in [5.41, 5.74) is 0.831. The number of nitrogens with zero attached hydrogens (tertiary/aromatic N) is 4. The Bertz CT molecular complexity index is 1330. The molecule has 2 aromatic carbocycles. The number of aromatic nitrogens is 4. The van der Waals surface area contributed by atoms with Gasteiger partial charge in [-0.25, -0.2) is 19.2 Å². The SMILES string of the molecule is Cn1c(=O)c2c(SCc3ccccc3)nc(-c3cccc(F)c3)nc2n(C)c1=O. The van der Waals surface area contributed by atoms with Crippen LogP contribution in [0.5, 0.6) is 0 Å². The minimum absolute atomic E-state index is 0.225. The summed E-state index contributed by atoms with van der Waals surface area (Å²) in [5.74, 6) is 0.431. The van der Waals surface area contributed by atoms with E-state index in [2.05, 4.69) is 9.97 Å². The van der Waals surface area contributed by atoms with Gasteiger partial charge in [-0.15, -0.1) is 11.8 Å². The van der Waals surface area contributed by atoms with Crippen molar-refractivity contribution in [2.75, 3.05) is 0 Å². The number of fused-ring (bicyclic) bond motifs is 1. The lowest BCUT2D eigenvalue weighted by Gasteiger charge is -2.12. The first-order valence-corrected chi connectivity index (χ1v) is 9.84. The predicted octanol–water partition coefficient (Wildman–Crippen LogP) is 3.13. The topological polar surface area (TPSA) is 69.8 Å². The molecule has 0 radical (unpaired) electrons. The Labute approximate surface area is 169 Å². The Hall–Kier alpha value is -3.26. The van der Waals surface area contributed by atoms with Crippen molar-refractivity contribution in [2.45, 2.75) is 10.8 Å². The lowest BCUT2D eigenvalue weighted by molar-refractivity contribution is 0.628. The van der Waals surface area contributed by atoms with Gasteiger partial charge in [0.2, 0.25) is 0 Å². The first-order chi connectivity index (χ1) is 14.0. The first kappa shape index (κ1) is 19.1. The lowest BCUT2D eigenvalue weighted by Crippen LogP contribution is -2.37. The van der Waals surface area contributed by atoms with E-state index >= 15 is 0 Å². The van der Waals surface area contributed by atoms with E-state index in [1.54, 1.807) is 19.2 Å². The molecule has 0 atom stereocenters. The molecule has 2 heterocycles. The molecule has 0 bridgehead atoms. The molecule has 146 valence electrons. The average Bonchev–Trinajstić information content (AvgIpc) is 2.74. The summed E-state index contributed by atoms with van der Waals surface area (Å²) >= 11 is 1.38. The third-order valence-electron chi connectivity index (χ3n) is 4.57. The fourth-order valence-corrected chi connectivity index (χ4v) is 3.99. The van der Waals surface area contributed by atoms with Crippen LogP contribution in [0.4, 0.5) is 4.39 Å². The molecular formula is C21H17FN4O2S. The normalized spacial score (nSPS) is 11.1. The Morgan fingerprint density at radius 2 is 1.72 bits per heavy atom. The zero-order valence-electron chi connectivity index (χ0n) is 15.8. The highest BCUT2D eigenvalue weighted by atomic mass is 32.2. The van der Waals surface area contributed by atoms with Crippen LogP contribution in [0.1, 0.15) is 5.56 Å². The van der Waals surface area contributed by atoms with E-state index in [0.717, 1.165) is 10.1 Å². The Balaban J connectivity index is 1.95. The summed E-state index contributed by atoms with van der Waals surface area (Å²) in [4.78, 5) is 34.2. The molecule has 0 amide bonds. The summed E-state index contributed by atoms with van der Waals surface area (Å²) in [5, 5.41) is 0.727. The van der Waals surface area contributed by atoms with Crippen molar-refractivity contribution in [3.8, 4) is 11.4 Å². The molecular weight excluding hydrogens is 391 g/mol. The van der Waals surface area contributed by atoms with Crippen LogP contribution in [0, 0.1) is 5.82 Å². The van der Waals surface area contributed by atoms with Crippen LogP contribution in [0.25, 0.3) is 22.4 Å². The molecule has 0 aliphatic carbocycles. The third kappa shape index (κ3) is 3.58. The minimum Gasteiger partial charge on any atom is -0.280 e. The van der Waals surface area contributed by atoms with Gasteiger partial charge in [-0.05, 0) is 17.7 Å². The van der Waals surface area contributed by atoms with E-state index in [0.29, 0.717) is 16.3 Å². The highest BCUT2D eigenvalue weighted by molar-refractivity contribution is 7.98. The van der Waals surface area contributed by atoms with Crippen molar-refractivity contribution >= 4 is 22.8 Å². The summed E-state index contributed by atoms with van der Waals surface area (Å²) in [6.07, 6.45) is 0. The lowest BCUT2D eigenvalue weighted by atomic mass is 10.2. The molecule has 0 saturated heterocycles. The van der Waals surface area contributed by atoms with Crippen LogP contribution in [-0.4, -0.2) is 19.1 Å². The van der Waals surface area contributed by atoms with E-state index < -0.39 is 17.1 Å². The molecule has 8 heteroatoms. The minimum atomic E-state index is -0.481. The summed E-state index contributed by atoms with van der Waals surface area (Å²) in [7, 11) is 2.98. The molecule has 0 aliphatic rings. The molecule has 2 aromatic heterocycles. The van der Waals surface area contributed by atoms with Crippen molar-refractivity contribution in [3.05, 3.63) is 86.8 Å². The molecule has 0 spiro atoms. The molecule has 0 N–H and O–H groups in total. The molecule has 0 unspecified atom stereocenters. The van der Waals surface area contributed by atoms with Crippen molar-refractivity contribution < 1.29 is 4.39 Å². The van der Waals surface area contributed by atoms with E-state index in [9.17, 15) is 14.0 Å². The number of aryl methyl sites for hydroxylation is 1. The third-order valence-corrected chi connectivity index (χ3v) is 5.61. The Kier molecular flexibility index (Phi) is 5.02. The van der Waals surface area contributed by atoms with Gasteiger partial charge in [0.15, 0.2) is 11.5 Å². The Morgan fingerprint density at radius 1 is 0.966 bits per heavy atom. The second-order valence-corrected chi connectivity index (χ2v) is 7.51. The fraction of sp³-hybridized carbons (Fsp3) is 0.143. The van der Waals surface area contributed by atoms with Gasteiger partial charge in [0, 0.05) is 25.4 Å². The zero-order chi connectivity index (χ0) is 20.5. The van der Waals surface area contributed by atoms with Crippen LogP contribution in [0.3, 0.4) is 0 Å². The van der Waals surface area contributed by atoms with E-state index in [4.69, 9.17) is 0 Å². The Morgan fingerprint density at radius 3 is 2.45 bits per heavy atom. The molecule has 4 rings (SSSR count). The maximum absolute atomic E-state index is 13.7. The summed E-state index contributed by atoms with van der Waals surface area (Å²) in [6.45, 7) is 0. The van der Waals surface area contributed by atoms with Gasteiger partial charge in [-0.1, -0.05) is 42.5 Å². The van der Waals surface area contributed by atoms with Crippen LogP contribution >= 0.6 is 11.8 Å². The maximum Gasteiger partial charge on any atom is 0.332 e. The highest BCUT2D eigenvalue weighted by Gasteiger charge is 2.18. The maximum atomic E-state index is 13.7. The van der Waals surface area contributed by atoms with Gasteiger partial charge in [0.05, 0.1) is 0 Å². The average molecular weight is 408 g/mol. The molecule has 4 aromatic rings. The van der Waals surface area contributed by atoms with Crippen molar-refractivity contribution in [2.24, 2.45) is 14.1 Å². The van der Waals surface area contributed by atoms with Gasteiger partial charge in [0.1, 0.15) is 16.2 Å². The first-order valence-electron chi connectivity index (χ1n) is 8.86. The fourth-order valence-electron chi connectivity index (χ4n) is 3.02. The summed E-state index contributed by atoms with van der Waals surface area (Å²) in [6, 6.07) is 15.7. The van der Waals surface area contributed by atoms with Crippen molar-refractivity contribution in [3.63, 3.8) is 0 Å². The number of hydrogen-bond donors (Lipinski definition) is 0. The highest BCUT2D eigenvalue weighted by Crippen LogP contribution is 2.28. The van der Waals surface area contributed by atoms with Crippen LogP contribution in [-0.2, 0) is 19.8 Å². The monoisotopic (exact) mass is 408 g/mol. The van der Waals surface area contributed by atoms with Gasteiger partial charge in [-0.2, -0.15) is 0 Å². The molecule has 0 aliphatic heterocycles. The number of thioether (sulfide) groups is 1. The summed E-state index contributed by atoms with van der Waals surface area (Å²) < 4.78 is 16.1. The number of rotatable bonds is 4. The van der Waals surface area contributed by atoms with Crippen LogP contribution < -0.4 is 11.2 Å². The van der Waals surface area contributed by atoms with Crippen molar-refractivity contribution in [1.29, 1.82) is 0 Å². The van der Waals surface area contributed by atoms with Crippen LogP contribution in [0.15, 0.2) is 69.2 Å². The number of benzene rings is 2.